The Hall–Kier alpha value is -1.94. The van der Waals surface area contributed by atoms with Gasteiger partial charge in [0, 0.05) is 5.56 Å². The lowest BCUT2D eigenvalue weighted by Crippen LogP contribution is -2.09. The number of ketones is 1. The number of hydrogen-bond acceptors (Lipinski definition) is 3. The molecular formula is C18H23BrN2O. The summed E-state index contributed by atoms with van der Waals surface area (Å²) in [5.41, 5.74) is 4.24. The third-order valence-corrected chi connectivity index (χ3v) is 2.82. The number of Topliss-reactive ketones (excluding diaryl/α,β-unsaturated/α-hetero) is 1. The SMILES string of the molecule is CC.CC.O=C(/C(Br)=N\Nc1ccccc1)c1ccccc1. The predicted octanol–water partition coefficient (Wildman–Crippen LogP) is 5.74. The van der Waals surface area contributed by atoms with E-state index in [0.29, 0.717) is 5.56 Å². The van der Waals surface area contributed by atoms with Crippen LogP contribution in [0.2, 0.25) is 0 Å². The van der Waals surface area contributed by atoms with Crippen LogP contribution in [0.4, 0.5) is 5.69 Å². The third kappa shape index (κ3) is 7.18. The summed E-state index contributed by atoms with van der Waals surface area (Å²) in [4.78, 5) is 11.9. The van der Waals surface area contributed by atoms with E-state index in [9.17, 15) is 4.79 Å². The van der Waals surface area contributed by atoms with Gasteiger partial charge in [0.2, 0.25) is 5.78 Å². The van der Waals surface area contributed by atoms with E-state index in [2.05, 4.69) is 26.5 Å². The zero-order valence-corrected chi connectivity index (χ0v) is 15.1. The van der Waals surface area contributed by atoms with Gasteiger partial charge in [0.1, 0.15) is 0 Å². The Kier molecular flexibility index (Phi) is 11.6. The third-order valence-electron chi connectivity index (χ3n) is 2.28. The van der Waals surface area contributed by atoms with Gasteiger partial charge in [0.15, 0.2) is 4.62 Å². The molecule has 4 heteroatoms. The number of anilines is 1. The van der Waals surface area contributed by atoms with Gasteiger partial charge in [-0.05, 0) is 28.1 Å². The molecule has 0 amide bonds. The number of hydrazone groups is 1. The van der Waals surface area contributed by atoms with Crippen molar-refractivity contribution in [3.8, 4) is 0 Å². The fourth-order valence-electron chi connectivity index (χ4n) is 1.39. The maximum absolute atomic E-state index is 11.9. The number of carbonyl (C=O) groups is 1. The highest BCUT2D eigenvalue weighted by Crippen LogP contribution is 2.08. The van der Waals surface area contributed by atoms with Crippen molar-refractivity contribution in [2.24, 2.45) is 5.10 Å². The van der Waals surface area contributed by atoms with E-state index in [1.54, 1.807) is 12.1 Å². The molecule has 2 rings (SSSR count). The molecule has 0 heterocycles. The van der Waals surface area contributed by atoms with Crippen LogP contribution < -0.4 is 5.43 Å². The number of benzene rings is 2. The number of halogens is 1. The van der Waals surface area contributed by atoms with Gasteiger partial charge in [-0.3, -0.25) is 10.2 Å². The van der Waals surface area contributed by atoms with Crippen LogP contribution in [0, 0.1) is 0 Å². The highest BCUT2D eigenvalue weighted by atomic mass is 79.9. The molecule has 0 aliphatic carbocycles. The first-order valence-electron chi connectivity index (χ1n) is 7.41. The molecular weight excluding hydrogens is 340 g/mol. The summed E-state index contributed by atoms with van der Waals surface area (Å²) < 4.78 is 0.248. The molecule has 0 unspecified atom stereocenters. The van der Waals surface area contributed by atoms with Crippen LogP contribution in [0.25, 0.3) is 0 Å². The summed E-state index contributed by atoms with van der Waals surface area (Å²) >= 11 is 3.18. The van der Waals surface area contributed by atoms with E-state index >= 15 is 0 Å². The molecule has 0 bridgehead atoms. The summed E-state index contributed by atoms with van der Waals surface area (Å²) in [6, 6.07) is 18.5. The van der Waals surface area contributed by atoms with E-state index < -0.39 is 0 Å². The van der Waals surface area contributed by atoms with Crippen molar-refractivity contribution in [2.45, 2.75) is 27.7 Å². The topological polar surface area (TPSA) is 41.5 Å². The number of carbonyl (C=O) groups excluding carboxylic acids is 1. The Bertz CT molecular complexity index is 554. The fraction of sp³-hybridized carbons (Fsp3) is 0.222. The van der Waals surface area contributed by atoms with E-state index in [1.165, 1.54) is 0 Å². The minimum absolute atomic E-state index is 0.154. The summed E-state index contributed by atoms with van der Waals surface area (Å²) in [6.45, 7) is 8.00. The van der Waals surface area contributed by atoms with Crippen LogP contribution in [-0.4, -0.2) is 10.4 Å². The van der Waals surface area contributed by atoms with Crippen molar-refractivity contribution in [1.29, 1.82) is 0 Å². The first-order valence-corrected chi connectivity index (χ1v) is 8.20. The van der Waals surface area contributed by atoms with Crippen LogP contribution in [0.15, 0.2) is 65.8 Å². The van der Waals surface area contributed by atoms with Crippen molar-refractivity contribution in [2.75, 3.05) is 5.43 Å². The molecule has 0 fully saturated rings. The van der Waals surface area contributed by atoms with Crippen LogP contribution >= 0.6 is 15.9 Å². The van der Waals surface area contributed by atoms with Crippen molar-refractivity contribution in [3.05, 3.63) is 66.2 Å². The summed E-state index contributed by atoms with van der Waals surface area (Å²) in [5, 5.41) is 4.00. The highest BCUT2D eigenvalue weighted by molar-refractivity contribution is 9.19. The van der Waals surface area contributed by atoms with Crippen LogP contribution in [0.5, 0.6) is 0 Å². The zero-order valence-electron chi connectivity index (χ0n) is 13.5. The quantitative estimate of drug-likeness (QED) is 0.427. The highest BCUT2D eigenvalue weighted by Gasteiger charge is 2.10. The Labute approximate surface area is 141 Å². The second-order valence-corrected chi connectivity index (χ2v) is 4.33. The Morgan fingerprint density at radius 2 is 1.32 bits per heavy atom. The summed E-state index contributed by atoms with van der Waals surface area (Å²) in [5.74, 6) is -0.154. The molecule has 0 aromatic heterocycles. The van der Waals surface area contributed by atoms with Crippen molar-refractivity contribution < 1.29 is 4.79 Å². The number of hydrogen-bond donors (Lipinski definition) is 1. The molecule has 0 aliphatic rings. The maximum atomic E-state index is 11.9. The molecule has 0 atom stereocenters. The lowest BCUT2D eigenvalue weighted by Gasteiger charge is -2.01. The van der Waals surface area contributed by atoms with E-state index in [1.807, 2.05) is 76.2 Å². The minimum atomic E-state index is -0.154. The molecule has 118 valence electrons. The van der Waals surface area contributed by atoms with Gasteiger partial charge in [0.25, 0.3) is 0 Å². The van der Waals surface area contributed by atoms with Crippen molar-refractivity contribution in [1.82, 2.24) is 0 Å². The van der Waals surface area contributed by atoms with Gasteiger partial charge >= 0.3 is 0 Å². The monoisotopic (exact) mass is 362 g/mol. The van der Waals surface area contributed by atoms with Crippen LogP contribution in [0.1, 0.15) is 38.1 Å². The number of nitrogens with one attached hydrogen (secondary N) is 1. The lowest BCUT2D eigenvalue weighted by molar-refractivity contribution is 0.106. The standard InChI is InChI=1S/C14H11BrN2O.2C2H6/c15-14(13(18)11-7-3-1-4-8-11)17-16-12-9-5-2-6-10-12;2*1-2/h1-10,16H;2*1-2H3/b17-14+;;. The predicted molar refractivity (Wildman–Crippen MR) is 99.9 cm³/mol. The van der Waals surface area contributed by atoms with Gasteiger partial charge in [-0.15, -0.1) is 0 Å². The number of rotatable bonds is 4. The van der Waals surface area contributed by atoms with E-state index in [0.717, 1.165) is 5.69 Å². The normalized spacial score (nSPS) is 9.59. The second-order valence-electron chi connectivity index (χ2n) is 3.58. The first kappa shape index (κ1) is 20.1. The van der Waals surface area contributed by atoms with Crippen molar-refractivity contribution in [3.63, 3.8) is 0 Å². The van der Waals surface area contributed by atoms with E-state index in [4.69, 9.17) is 0 Å². The molecule has 0 saturated carbocycles. The first-order chi connectivity index (χ1) is 10.8. The number of para-hydroxylation sites is 1. The largest absolute Gasteiger partial charge is 0.286 e. The van der Waals surface area contributed by atoms with E-state index in [-0.39, 0.29) is 10.4 Å². The summed E-state index contributed by atoms with van der Waals surface area (Å²) in [6.07, 6.45) is 0. The molecule has 22 heavy (non-hydrogen) atoms. The fourth-order valence-corrected chi connectivity index (χ4v) is 1.70. The summed E-state index contributed by atoms with van der Waals surface area (Å²) in [7, 11) is 0. The molecule has 0 spiro atoms. The molecule has 0 saturated heterocycles. The van der Waals surface area contributed by atoms with Gasteiger partial charge in [-0.1, -0.05) is 76.2 Å². The van der Waals surface area contributed by atoms with Crippen molar-refractivity contribution >= 4 is 32.0 Å². The van der Waals surface area contributed by atoms with Gasteiger partial charge in [-0.25, -0.2) is 0 Å². The molecule has 0 radical (unpaired) electrons. The molecule has 2 aromatic rings. The maximum Gasteiger partial charge on any atom is 0.220 e. The Morgan fingerprint density at radius 1 is 0.864 bits per heavy atom. The zero-order chi connectivity index (χ0) is 16.8. The average molecular weight is 363 g/mol. The smallest absolute Gasteiger partial charge is 0.220 e. The van der Waals surface area contributed by atoms with Crippen LogP contribution in [0.3, 0.4) is 0 Å². The van der Waals surface area contributed by atoms with Gasteiger partial charge in [0.05, 0.1) is 5.69 Å². The Balaban J connectivity index is 0.00000102. The molecule has 1 N–H and O–H groups in total. The van der Waals surface area contributed by atoms with Crippen LogP contribution in [-0.2, 0) is 0 Å². The lowest BCUT2D eigenvalue weighted by atomic mass is 10.1. The second kappa shape index (κ2) is 12.8. The van der Waals surface area contributed by atoms with Gasteiger partial charge in [-0.2, -0.15) is 5.10 Å². The van der Waals surface area contributed by atoms with Gasteiger partial charge < -0.3 is 0 Å². The molecule has 2 aromatic carbocycles. The molecule has 3 nitrogen and oxygen atoms in total. The average Bonchev–Trinajstić information content (AvgIpc) is 2.64. The minimum Gasteiger partial charge on any atom is -0.286 e. The molecule has 0 aliphatic heterocycles. The number of nitrogens with zero attached hydrogens (tertiary/aromatic N) is 1. The Morgan fingerprint density at radius 3 is 1.82 bits per heavy atom.